The second kappa shape index (κ2) is 5.30. The molecule has 0 bridgehead atoms. The van der Waals surface area contributed by atoms with E-state index in [-0.39, 0.29) is 0 Å². The SMILES string of the molecule is Fc1ccc(Oc2nnc(C(F)(F)F)o2)c(Cl)c1C(F)(F)F. The van der Waals surface area contributed by atoms with Crippen LogP contribution in [0.15, 0.2) is 16.5 Å². The Morgan fingerprint density at radius 3 is 2.14 bits per heavy atom. The Kier molecular flexibility index (Phi) is 3.94. The van der Waals surface area contributed by atoms with Gasteiger partial charge < -0.3 is 9.15 Å². The highest BCUT2D eigenvalue weighted by molar-refractivity contribution is 6.33. The molecular formula is C10H2ClF7N2O2. The summed E-state index contributed by atoms with van der Waals surface area (Å²) in [6.07, 6.45) is -11.2. The van der Waals surface area contributed by atoms with Crippen molar-refractivity contribution in [3.05, 3.63) is 34.4 Å². The molecule has 0 fully saturated rings. The Morgan fingerprint density at radius 2 is 1.64 bits per heavy atom. The molecule has 0 atom stereocenters. The molecule has 0 saturated carbocycles. The minimum absolute atomic E-state index is 0.380. The normalized spacial score (nSPS) is 12.5. The van der Waals surface area contributed by atoms with Gasteiger partial charge in [-0.3, -0.25) is 0 Å². The van der Waals surface area contributed by atoms with Crippen LogP contribution in [-0.4, -0.2) is 10.2 Å². The van der Waals surface area contributed by atoms with E-state index in [9.17, 15) is 30.7 Å². The number of hydrogen-bond acceptors (Lipinski definition) is 4. The van der Waals surface area contributed by atoms with Crippen LogP contribution in [0.4, 0.5) is 30.7 Å². The first-order valence-electron chi connectivity index (χ1n) is 5.14. The molecule has 1 aromatic heterocycles. The monoisotopic (exact) mass is 350 g/mol. The number of rotatable bonds is 2. The van der Waals surface area contributed by atoms with Gasteiger partial charge in [0, 0.05) is 0 Å². The van der Waals surface area contributed by atoms with Crippen LogP contribution in [0.5, 0.6) is 11.8 Å². The van der Waals surface area contributed by atoms with Gasteiger partial charge in [0.2, 0.25) is 0 Å². The first-order valence-corrected chi connectivity index (χ1v) is 5.51. The summed E-state index contributed by atoms with van der Waals surface area (Å²) in [7, 11) is 0. The molecule has 0 radical (unpaired) electrons. The molecule has 120 valence electrons. The predicted molar refractivity (Wildman–Crippen MR) is 55.8 cm³/mol. The van der Waals surface area contributed by atoms with Gasteiger partial charge in [-0.25, -0.2) is 4.39 Å². The Morgan fingerprint density at radius 1 is 1.00 bits per heavy atom. The number of halogens is 8. The zero-order valence-electron chi connectivity index (χ0n) is 9.89. The third-order valence-electron chi connectivity index (χ3n) is 2.19. The van der Waals surface area contributed by atoms with E-state index in [1.807, 2.05) is 0 Å². The molecule has 0 saturated heterocycles. The molecule has 12 heteroatoms. The smallest absolute Gasteiger partial charge is 0.408 e. The maximum absolute atomic E-state index is 13.2. The van der Waals surface area contributed by atoms with Crippen molar-refractivity contribution in [3.8, 4) is 11.8 Å². The van der Waals surface area contributed by atoms with Crippen molar-refractivity contribution in [2.45, 2.75) is 12.4 Å². The zero-order chi connectivity index (χ0) is 16.7. The molecule has 1 heterocycles. The topological polar surface area (TPSA) is 48.2 Å². The maximum atomic E-state index is 13.2. The summed E-state index contributed by atoms with van der Waals surface area (Å²) in [4.78, 5) is 0. The van der Waals surface area contributed by atoms with E-state index >= 15 is 0 Å². The predicted octanol–water partition coefficient (Wildman–Crippen LogP) is 4.69. The van der Waals surface area contributed by atoms with Gasteiger partial charge in [-0.1, -0.05) is 21.8 Å². The van der Waals surface area contributed by atoms with Crippen LogP contribution in [0.25, 0.3) is 0 Å². The lowest BCUT2D eigenvalue weighted by atomic mass is 10.2. The van der Waals surface area contributed by atoms with Gasteiger partial charge in [-0.2, -0.15) is 26.3 Å². The van der Waals surface area contributed by atoms with Gasteiger partial charge in [0.25, 0.3) is 0 Å². The van der Waals surface area contributed by atoms with E-state index in [1.54, 1.807) is 0 Å². The number of alkyl halides is 6. The number of benzene rings is 1. The minimum Gasteiger partial charge on any atom is -0.408 e. The highest BCUT2D eigenvalue weighted by Crippen LogP contribution is 2.42. The summed E-state index contributed by atoms with van der Waals surface area (Å²) in [6, 6.07) is 1.05. The standard InChI is InChI=1S/C10H2ClF7N2O2/c11-6-4(2-1-3(12)5(6)9(13,14)15)21-8-20-19-7(22-8)10(16,17)18/h1-2H. The Bertz CT molecular complexity index is 696. The highest BCUT2D eigenvalue weighted by Gasteiger charge is 2.40. The van der Waals surface area contributed by atoms with Gasteiger partial charge in [0.05, 0.1) is 5.02 Å². The number of aromatic nitrogens is 2. The van der Waals surface area contributed by atoms with Gasteiger partial charge in [-0.05, 0) is 12.1 Å². The van der Waals surface area contributed by atoms with E-state index < -0.39 is 46.5 Å². The van der Waals surface area contributed by atoms with E-state index in [0.29, 0.717) is 12.1 Å². The largest absolute Gasteiger partial charge is 0.470 e. The van der Waals surface area contributed by atoms with Crippen molar-refractivity contribution in [3.63, 3.8) is 0 Å². The fraction of sp³-hybridized carbons (Fsp3) is 0.200. The third-order valence-corrected chi connectivity index (χ3v) is 2.56. The number of hydrogen-bond donors (Lipinski definition) is 0. The van der Waals surface area contributed by atoms with Crippen molar-refractivity contribution in [2.75, 3.05) is 0 Å². The van der Waals surface area contributed by atoms with E-state index in [4.69, 9.17) is 11.6 Å². The van der Waals surface area contributed by atoms with Crippen LogP contribution in [0.1, 0.15) is 11.5 Å². The quantitative estimate of drug-likeness (QED) is 0.737. The molecule has 0 aliphatic heterocycles. The molecule has 0 unspecified atom stereocenters. The summed E-state index contributed by atoms with van der Waals surface area (Å²) >= 11 is 5.35. The van der Waals surface area contributed by atoms with E-state index in [2.05, 4.69) is 19.4 Å². The summed E-state index contributed by atoms with van der Waals surface area (Å²) in [5.74, 6) is -4.24. The van der Waals surface area contributed by atoms with Crippen LogP contribution in [0, 0.1) is 5.82 Å². The van der Waals surface area contributed by atoms with Gasteiger partial charge in [-0.15, -0.1) is 0 Å². The fourth-order valence-electron chi connectivity index (χ4n) is 1.33. The molecule has 0 spiro atoms. The molecule has 0 aliphatic rings. The van der Waals surface area contributed by atoms with Crippen LogP contribution in [0.2, 0.25) is 5.02 Å². The van der Waals surface area contributed by atoms with Gasteiger partial charge in [0.15, 0.2) is 5.75 Å². The first-order chi connectivity index (χ1) is 10.00. The third kappa shape index (κ3) is 3.24. The average molecular weight is 351 g/mol. The molecule has 1 aromatic carbocycles. The van der Waals surface area contributed by atoms with Crippen molar-refractivity contribution in [1.82, 2.24) is 10.2 Å². The molecule has 0 aliphatic carbocycles. The lowest BCUT2D eigenvalue weighted by molar-refractivity contribution is -0.157. The Hall–Kier alpha value is -2.04. The van der Waals surface area contributed by atoms with Gasteiger partial charge >= 0.3 is 24.3 Å². The van der Waals surface area contributed by atoms with Crippen LogP contribution in [0.3, 0.4) is 0 Å². The number of nitrogens with zero attached hydrogens (tertiary/aromatic N) is 2. The second-order valence-electron chi connectivity index (χ2n) is 3.71. The van der Waals surface area contributed by atoms with Crippen LogP contribution in [-0.2, 0) is 12.4 Å². The second-order valence-corrected chi connectivity index (χ2v) is 4.08. The summed E-state index contributed by atoms with van der Waals surface area (Å²) in [6.45, 7) is 0. The minimum atomic E-state index is -5.13. The lowest BCUT2D eigenvalue weighted by Crippen LogP contribution is -2.09. The molecule has 22 heavy (non-hydrogen) atoms. The van der Waals surface area contributed by atoms with Crippen molar-refractivity contribution < 1.29 is 39.9 Å². The summed E-state index contributed by atoms with van der Waals surface area (Å²) in [5, 5.41) is 4.24. The molecule has 2 aromatic rings. The van der Waals surface area contributed by atoms with Crippen LogP contribution < -0.4 is 4.74 Å². The highest BCUT2D eigenvalue weighted by atomic mass is 35.5. The number of ether oxygens (including phenoxy) is 1. The summed E-state index contributed by atoms with van der Waals surface area (Å²) < 4.78 is 96.2. The van der Waals surface area contributed by atoms with E-state index in [1.165, 1.54) is 0 Å². The van der Waals surface area contributed by atoms with Crippen molar-refractivity contribution in [1.29, 1.82) is 0 Å². The van der Waals surface area contributed by atoms with Gasteiger partial charge in [0.1, 0.15) is 11.4 Å². The molecule has 4 nitrogen and oxygen atoms in total. The molecule has 2 rings (SSSR count). The van der Waals surface area contributed by atoms with Crippen molar-refractivity contribution >= 4 is 11.6 Å². The van der Waals surface area contributed by atoms with E-state index in [0.717, 1.165) is 0 Å². The average Bonchev–Trinajstić information content (AvgIpc) is 2.79. The van der Waals surface area contributed by atoms with Crippen LogP contribution >= 0.6 is 11.6 Å². The van der Waals surface area contributed by atoms with Crippen molar-refractivity contribution in [2.24, 2.45) is 0 Å². The zero-order valence-corrected chi connectivity index (χ0v) is 10.6. The Labute approximate surface area is 121 Å². The molecule has 0 N–H and O–H groups in total. The maximum Gasteiger partial charge on any atom is 0.470 e. The first kappa shape index (κ1) is 16.3. The summed E-state index contributed by atoms with van der Waals surface area (Å²) in [5.41, 5.74) is -1.83. The fourth-order valence-corrected chi connectivity index (χ4v) is 1.63. The lowest BCUT2D eigenvalue weighted by Gasteiger charge is -2.12. The molecule has 0 amide bonds. The molecular weight excluding hydrogens is 349 g/mol. The Balaban J connectivity index is 2.37.